The summed E-state index contributed by atoms with van der Waals surface area (Å²) < 4.78 is 4.57. The zero-order chi connectivity index (χ0) is 14.4. The second kappa shape index (κ2) is 8.91. The number of halogens is 1. The summed E-state index contributed by atoms with van der Waals surface area (Å²) in [5.41, 5.74) is 0. The van der Waals surface area contributed by atoms with Crippen molar-refractivity contribution in [2.45, 2.75) is 38.1 Å². The lowest BCUT2D eigenvalue weighted by Gasteiger charge is -2.07. The molecule has 21 heavy (non-hydrogen) atoms. The highest BCUT2D eigenvalue weighted by Gasteiger charge is 2.22. The maximum absolute atomic E-state index is 11.9. The lowest BCUT2D eigenvalue weighted by Crippen LogP contribution is -2.35. The zero-order valence-corrected chi connectivity index (χ0v) is 13.4. The molecule has 0 radical (unpaired) electrons. The molecule has 0 aliphatic carbocycles. The van der Waals surface area contributed by atoms with Gasteiger partial charge in [-0.25, -0.2) is 0 Å². The van der Waals surface area contributed by atoms with Crippen LogP contribution in [0.4, 0.5) is 5.13 Å². The van der Waals surface area contributed by atoms with Gasteiger partial charge in [-0.3, -0.25) is 14.9 Å². The van der Waals surface area contributed by atoms with Gasteiger partial charge in [-0.05, 0) is 25.8 Å². The normalized spacial score (nSPS) is 17.1. The van der Waals surface area contributed by atoms with Crippen LogP contribution >= 0.6 is 23.7 Å². The minimum Gasteiger partial charge on any atom is -0.469 e. The van der Waals surface area contributed by atoms with Crippen LogP contribution in [0.3, 0.4) is 0 Å². The number of methoxy groups -OCH3 is 1. The molecule has 0 spiro atoms. The highest BCUT2D eigenvalue weighted by molar-refractivity contribution is 7.15. The molecule has 7 nitrogen and oxygen atoms in total. The Labute approximate surface area is 133 Å². The van der Waals surface area contributed by atoms with E-state index < -0.39 is 0 Å². The molecule has 1 saturated heterocycles. The number of ether oxygens (including phenoxy) is 1. The van der Waals surface area contributed by atoms with Crippen molar-refractivity contribution in [2.75, 3.05) is 19.0 Å². The van der Waals surface area contributed by atoms with Crippen molar-refractivity contribution in [2.24, 2.45) is 0 Å². The first kappa shape index (κ1) is 17.8. The van der Waals surface area contributed by atoms with Crippen molar-refractivity contribution in [1.82, 2.24) is 15.5 Å². The van der Waals surface area contributed by atoms with Gasteiger partial charge < -0.3 is 10.1 Å². The fraction of sp³-hybridized carbons (Fsp3) is 0.667. The number of anilines is 1. The molecule has 2 heterocycles. The molecule has 2 N–H and O–H groups in total. The van der Waals surface area contributed by atoms with Gasteiger partial charge in [0.1, 0.15) is 5.01 Å². The molecule has 1 fully saturated rings. The Morgan fingerprint density at radius 1 is 1.48 bits per heavy atom. The Bertz CT molecular complexity index is 477. The van der Waals surface area contributed by atoms with E-state index in [9.17, 15) is 9.59 Å². The molecule has 118 valence electrons. The van der Waals surface area contributed by atoms with Gasteiger partial charge in [0, 0.05) is 12.8 Å². The number of nitrogens with zero attached hydrogens (tertiary/aromatic N) is 2. The maximum Gasteiger partial charge on any atom is 0.305 e. The Kier molecular flexibility index (Phi) is 7.55. The predicted molar refractivity (Wildman–Crippen MR) is 81.8 cm³/mol. The predicted octanol–water partition coefficient (Wildman–Crippen LogP) is 1.15. The largest absolute Gasteiger partial charge is 0.469 e. The molecule has 9 heteroatoms. The van der Waals surface area contributed by atoms with Crippen molar-refractivity contribution < 1.29 is 14.3 Å². The summed E-state index contributed by atoms with van der Waals surface area (Å²) in [5.74, 6) is -0.282. The molecule has 0 aromatic carbocycles. The van der Waals surface area contributed by atoms with Crippen LogP contribution in [0.15, 0.2) is 0 Å². The number of aromatic nitrogens is 2. The number of nitrogens with one attached hydrogen (secondary N) is 2. The van der Waals surface area contributed by atoms with Gasteiger partial charge in [0.2, 0.25) is 11.0 Å². The molecule has 0 bridgehead atoms. The van der Waals surface area contributed by atoms with Crippen LogP contribution in [-0.4, -0.2) is 41.8 Å². The monoisotopic (exact) mass is 334 g/mol. The third-order valence-electron chi connectivity index (χ3n) is 3.07. The lowest BCUT2D eigenvalue weighted by molar-refractivity contribution is -0.140. The van der Waals surface area contributed by atoms with E-state index >= 15 is 0 Å². The molecule has 1 amide bonds. The number of hydrogen-bond donors (Lipinski definition) is 2. The van der Waals surface area contributed by atoms with Crippen LogP contribution in [-0.2, 0) is 20.7 Å². The van der Waals surface area contributed by atoms with Gasteiger partial charge in [0.25, 0.3) is 0 Å². The molecule has 1 aromatic heterocycles. The highest BCUT2D eigenvalue weighted by atomic mass is 35.5. The van der Waals surface area contributed by atoms with E-state index in [1.54, 1.807) is 0 Å². The van der Waals surface area contributed by atoms with Crippen molar-refractivity contribution in [1.29, 1.82) is 0 Å². The first-order valence-electron chi connectivity index (χ1n) is 6.62. The van der Waals surface area contributed by atoms with Gasteiger partial charge >= 0.3 is 5.97 Å². The lowest BCUT2D eigenvalue weighted by atomic mass is 10.2. The second-order valence-electron chi connectivity index (χ2n) is 4.57. The zero-order valence-electron chi connectivity index (χ0n) is 11.8. The molecule has 1 aliphatic heterocycles. The smallest absolute Gasteiger partial charge is 0.305 e. The summed E-state index contributed by atoms with van der Waals surface area (Å²) in [6.45, 7) is 0.882. The van der Waals surface area contributed by atoms with E-state index in [1.165, 1.54) is 18.4 Å². The van der Waals surface area contributed by atoms with Gasteiger partial charge in [-0.2, -0.15) is 0 Å². The number of aryl methyl sites for hydroxylation is 1. The summed E-state index contributed by atoms with van der Waals surface area (Å²) in [7, 11) is 1.37. The van der Waals surface area contributed by atoms with Gasteiger partial charge in [-0.1, -0.05) is 11.3 Å². The van der Waals surface area contributed by atoms with E-state index in [4.69, 9.17) is 0 Å². The second-order valence-corrected chi connectivity index (χ2v) is 5.63. The first-order chi connectivity index (χ1) is 9.69. The Morgan fingerprint density at radius 3 is 2.95 bits per heavy atom. The van der Waals surface area contributed by atoms with Crippen molar-refractivity contribution in [3.05, 3.63) is 5.01 Å². The average molecular weight is 335 g/mol. The SMILES string of the molecule is COC(=O)CCCc1nnc(NC(=O)C2CCCN2)s1.Cl. The first-order valence-corrected chi connectivity index (χ1v) is 7.44. The molecular formula is C12H19ClN4O3S. The Hall–Kier alpha value is -1.25. The van der Waals surface area contributed by atoms with Crippen LogP contribution in [0, 0.1) is 0 Å². The van der Waals surface area contributed by atoms with E-state index in [1.807, 2.05) is 0 Å². The summed E-state index contributed by atoms with van der Waals surface area (Å²) in [5, 5.41) is 15.2. The summed E-state index contributed by atoms with van der Waals surface area (Å²) in [6, 6.07) is -0.123. The number of carbonyl (C=O) groups is 2. The average Bonchev–Trinajstić information content (AvgIpc) is 3.10. The number of hydrogen-bond acceptors (Lipinski definition) is 7. The van der Waals surface area contributed by atoms with Crippen LogP contribution in [0.2, 0.25) is 0 Å². The summed E-state index contributed by atoms with van der Waals surface area (Å²) in [4.78, 5) is 22.9. The fourth-order valence-electron chi connectivity index (χ4n) is 1.99. The summed E-state index contributed by atoms with van der Waals surface area (Å²) >= 11 is 1.35. The van der Waals surface area contributed by atoms with Gasteiger partial charge in [0.05, 0.1) is 13.2 Å². The van der Waals surface area contributed by atoms with Crippen LogP contribution in [0.5, 0.6) is 0 Å². The third kappa shape index (κ3) is 5.56. The van der Waals surface area contributed by atoms with Crippen molar-refractivity contribution >= 4 is 40.8 Å². The minimum absolute atomic E-state index is 0. The third-order valence-corrected chi connectivity index (χ3v) is 3.97. The maximum atomic E-state index is 11.9. The molecule has 1 unspecified atom stereocenters. The molecule has 1 atom stereocenters. The van der Waals surface area contributed by atoms with E-state index in [0.717, 1.165) is 24.4 Å². The van der Waals surface area contributed by atoms with Gasteiger partial charge in [-0.15, -0.1) is 22.6 Å². The van der Waals surface area contributed by atoms with Crippen molar-refractivity contribution in [3.8, 4) is 0 Å². The molecule has 1 aromatic rings. The van der Waals surface area contributed by atoms with Crippen LogP contribution in [0.1, 0.15) is 30.7 Å². The van der Waals surface area contributed by atoms with Crippen molar-refractivity contribution in [3.63, 3.8) is 0 Å². The van der Waals surface area contributed by atoms with Crippen LogP contribution < -0.4 is 10.6 Å². The number of esters is 1. The fourth-order valence-corrected chi connectivity index (χ4v) is 2.78. The molecule has 1 aliphatic rings. The Morgan fingerprint density at radius 2 is 2.29 bits per heavy atom. The van der Waals surface area contributed by atoms with Crippen LogP contribution in [0.25, 0.3) is 0 Å². The topological polar surface area (TPSA) is 93.2 Å². The molecule has 0 saturated carbocycles. The van der Waals surface area contributed by atoms with E-state index in [-0.39, 0.29) is 30.3 Å². The molecule has 2 rings (SSSR count). The number of amides is 1. The highest BCUT2D eigenvalue weighted by Crippen LogP contribution is 2.18. The standard InChI is InChI=1S/C12H18N4O3S.ClH/c1-19-10(17)6-2-5-9-15-16-12(20-9)14-11(18)8-4-3-7-13-8;/h8,13H,2-7H2,1H3,(H,14,16,18);1H. The van der Waals surface area contributed by atoms with E-state index in [2.05, 4.69) is 25.6 Å². The molecular weight excluding hydrogens is 316 g/mol. The quantitative estimate of drug-likeness (QED) is 0.758. The summed E-state index contributed by atoms with van der Waals surface area (Å²) in [6.07, 6.45) is 3.57. The number of carbonyl (C=O) groups excluding carboxylic acids is 2. The van der Waals surface area contributed by atoms with E-state index in [0.29, 0.717) is 24.4 Å². The number of rotatable bonds is 6. The van der Waals surface area contributed by atoms with Gasteiger partial charge in [0.15, 0.2) is 0 Å². The minimum atomic E-state index is -0.227. The Balaban J connectivity index is 0.00000220.